The Hall–Kier alpha value is -0.860. The van der Waals surface area contributed by atoms with Gasteiger partial charge in [0.15, 0.2) is 0 Å². The molecule has 1 aromatic carbocycles. The Bertz CT molecular complexity index is 319. The van der Waals surface area contributed by atoms with Crippen LogP contribution in [-0.4, -0.2) is 31.1 Å². The molecule has 108 valence electrons. The van der Waals surface area contributed by atoms with Gasteiger partial charge in [-0.25, -0.2) is 0 Å². The van der Waals surface area contributed by atoms with E-state index in [1.165, 1.54) is 12.0 Å². The Labute approximate surface area is 119 Å². The van der Waals surface area contributed by atoms with Crippen molar-refractivity contribution in [2.45, 2.75) is 40.2 Å². The summed E-state index contributed by atoms with van der Waals surface area (Å²) >= 11 is 0. The van der Waals surface area contributed by atoms with Gasteiger partial charge in [-0.3, -0.25) is 0 Å². The maximum Gasteiger partial charge on any atom is 0.0358 e. The third-order valence-corrected chi connectivity index (χ3v) is 3.78. The van der Waals surface area contributed by atoms with Crippen molar-refractivity contribution in [1.29, 1.82) is 0 Å². The van der Waals surface area contributed by atoms with E-state index in [1.807, 2.05) is 0 Å². The van der Waals surface area contributed by atoms with E-state index in [9.17, 15) is 0 Å². The summed E-state index contributed by atoms with van der Waals surface area (Å²) in [5, 5.41) is 3.71. The molecule has 0 aromatic heterocycles. The summed E-state index contributed by atoms with van der Waals surface area (Å²) in [6.07, 6.45) is 1.18. The van der Waals surface area contributed by atoms with Gasteiger partial charge in [-0.05, 0) is 37.5 Å². The highest BCUT2D eigenvalue weighted by molar-refractivity contribution is 5.19. The second-order valence-electron chi connectivity index (χ2n) is 5.31. The number of hydrogen-bond acceptors (Lipinski definition) is 2. The van der Waals surface area contributed by atoms with Gasteiger partial charge in [-0.2, -0.15) is 0 Å². The molecule has 0 bridgehead atoms. The van der Waals surface area contributed by atoms with Crippen molar-refractivity contribution >= 4 is 0 Å². The minimum absolute atomic E-state index is 0.460. The molecule has 1 rings (SSSR count). The van der Waals surface area contributed by atoms with Gasteiger partial charge in [0, 0.05) is 12.6 Å². The second kappa shape index (κ2) is 9.11. The quantitative estimate of drug-likeness (QED) is 0.730. The van der Waals surface area contributed by atoms with Crippen LogP contribution in [0.1, 0.15) is 45.7 Å². The van der Waals surface area contributed by atoms with Crippen LogP contribution < -0.4 is 5.32 Å². The molecule has 0 amide bonds. The maximum atomic E-state index is 3.71. The Morgan fingerprint density at radius 3 is 2.21 bits per heavy atom. The number of nitrogens with zero attached hydrogens (tertiary/aromatic N) is 1. The summed E-state index contributed by atoms with van der Waals surface area (Å²) in [6.45, 7) is 13.6. The molecule has 0 aliphatic rings. The second-order valence-corrected chi connectivity index (χ2v) is 5.31. The van der Waals surface area contributed by atoms with Gasteiger partial charge in [-0.1, -0.05) is 58.0 Å². The number of benzene rings is 1. The molecule has 0 heterocycles. The van der Waals surface area contributed by atoms with Gasteiger partial charge >= 0.3 is 0 Å². The third kappa shape index (κ3) is 5.33. The molecule has 0 radical (unpaired) electrons. The molecule has 0 saturated heterocycles. The van der Waals surface area contributed by atoms with Gasteiger partial charge in [0.25, 0.3) is 0 Å². The molecule has 0 spiro atoms. The zero-order chi connectivity index (χ0) is 14.1. The SMILES string of the molecule is CCCNC(c1ccccc1)C(C)CN(CC)CC. The maximum absolute atomic E-state index is 3.71. The first-order chi connectivity index (χ1) is 9.22. The van der Waals surface area contributed by atoms with Crippen molar-refractivity contribution in [3.63, 3.8) is 0 Å². The Morgan fingerprint density at radius 2 is 1.68 bits per heavy atom. The van der Waals surface area contributed by atoms with Crippen molar-refractivity contribution in [2.24, 2.45) is 5.92 Å². The summed E-state index contributed by atoms with van der Waals surface area (Å²) in [7, 11) is 0. The largest absolute Gasteiger partial charge is 0.310 e. The molecule has 2 atom stereocenters. The van der Waals surface area contributed by atoms with Crippen molar-refractivity contribution in [1.82, 2.24) is 10.2 Å². The predicted molar refractivity (Wildman–Crippen MR) is 84.4 cm³/mol. The van der Waals surface area contributed by atoms with Crippen LogP contribution in [0.15, 0.2) is 30.3 Å². The van der Waals surface area contributed by atoms with Gasteiger partial charge < -0.3 is 10.2 Å². The lowest BCUT2D eigenvalue weighted by Crippen LogP contribution is -2.36. The molecule has 2 unspecified atom stereocenters. The van der Waals surface area contributed by atoms with Crippen molar-refractivity contribution in [2.75, 3.05) is 26.2 Å². The first-order valence-electron chi connectivity index (χ1n) is 7.73. The minimum Gasteiger partial charge on any atom is -0.310 e. The zero-order valence-corrected chi connectivity index (χ0v) is 13.0. The molecule has 1 aromatic rings. The summed E-state index contributed by atoms with van der Waals surface area (Å²) < 4.78 is 0. The van der Waals surface area contributed by atoms with Crippen LogP contribution >= 0.6 is 0 Å². The van der Waals surface area contributed by atoms with E-state index in [0.29, 0.717) is 12.0 Å². The Morgan fingerprint density at radius 1 is 1.05 bits per heavy atom. The van der Waals surface area contributed by atoms with Gasteiger partial charge in [0.05, 0.1) is 0 Å². The fourth-order valence-corrected chi connectivity index (χ4v) is 2.60. The first-order valence-corrected chi connectivity index (χ1v) is 7.73. The smallest absolute Gasteiger partial charge is 0.0358 e. The highest BCUT2D eigenvalue weighted by Gasteiger charge is 2.19. The first kappa shape index (κ1) is 16.2. The summed E-state index contributed by atoms with van der Waals surface area (Å²) in [5.74, 6) is 0.619. The van der Waals surface area contributed by atoms with Crippen LogP contribution in [0.4, 0.5) is 0 Å². The highest BCUT2D eigenvalue weighted by Crippen LogP contribution is 2.22. The van der Waals surface area contributed by atoms with Crippen LogP contribution in [0, 0.1) is 5.92 Å². The van der Waals surface area contributed by atoms with Crippen LogP contribution in [0.5, 0.6) is 0 Å². The minimum atomic E-state index is 0.460. The Balaban J connectivity index is 2.73. The summed E-state index contributed by atoms with van der Waals surface area (Å²) in [6, 6.07) is 11.3. The van der Waals surface area contributed by atoms with E-state index in [1.54, 1.807) is 0 Å². The fraction of sp³-hybridized carbons (Fsp3) is 0.647. The van der Waals surface area contributed by atoms with Gasteiger partial charge in [0.2, 0.25) is 0 Å². The molecule has 1 N–H and O–H groups in total. The lowest BCUT2D eigenvalue weighted by molar-refractivity contribution is 0.228. The van der Waals surface area contributed by atoms with Crippen LogP contribution in [0.2, 0.25) is 0 Å². The predicted octanol–water partition coefficient (Wildman–Crippen LogP) is 3.71. The molecular formula is C17H30N2. The molecule has 0 fully saturated rings. The van der Waals surface area contributed by atoms with Crippen LogP contribution in [0.25, 0.3) is 0 Å². The molecule has 2 nitrogen and oxygen atoms in total. The number of rotatable bonds is 9. The molecule has 0 saturated carbocycles. The van der Waals surface area contributed by atoms with Crippen molar-refractivity contribution in [3.05, 3.63) is 35.9 Å². The average molecular weight is 262 g/mol. The lowest BCUT2D eigenvalue weighted by Gasteiger charge is -2.30. The monoisotopic (exact) mass is 262 g/mol. The van der Waals surface area contributed by atoms with E-state index in [4.69, 9.17) is 0 Å². The fourth-order valence-electron chi connectivity index (χ4n) is 2.60. The molecular weight excluding hydrogens is 232 g/mol. The number of hydrogen-bond donors (Lipinski definition) is 1. The van der Waals surface area contributed by atoms with E-state index in [0.717, 1.165) is 26.2 Å². The lowest BCUT2D eigenvalue weighted by atomic mass is 9.93. The number of nitrogens with one attached hydrogen (secondary N) is 1. The van der Waals surface area contributed by atoms with E-state index >= 15 is 0 Å². The summed E-state index contributed by atoms with van der Waals surface area (Å²) in [5.41, 5.74) is 1.41. The average Bonchev–Trinajstić information content (AvgIpc) is 2.46. The normalized spacial score (nSPS) is 14.6. The van der Waals surface area contributed by atoms with Crippen LogP contribution in [0.3, 0.4) is 0 Å². The van der Waals surface area contributed by atoms with Crippen molar-refractivity contribution < 1.29 is 0 Å². The topological polar surface area (TPSA) is 15.3 Å². The van der Waals surface area contributed by atoms with E-state index in [2.05, 4.69) is 68.2 Å². The highest BCUT2D eigenvalue weighted by atomic mass is 15.1. The standard InChI is InChI=1S/C17H30N2/c1-5-13-18-17(16-11-9-8-10-12-16)15(4)14-19(6-2)7-3/h8-12,15,17-18H,5-7,13-14H2,1-4H3. The van der Waals surface area contributed by atoms with E-state index < -0.39 is 0 Å². The molecule has 19 heavy (non-hydrogen) atoms. The summed E-state index contributed by atoms with van der Waals surface area (Å²) in [4.78, 5) is 2.51. The molecule has 0 aliphatic heterocycles. The third-order valence-electron chi connectivity index (χ3n) is 3.78. The van der Waals surface area contributed by atoms with Gasteiger partial charge in [0.1, 0.15) is 0 Å². The zero-order valence-electron chi connectivity index (χ0n) is 13.0. The van der Waals surface area contributed by atoms with Gasteiger partial charge in [-0.15, -0.1) is 0 Å². The van der Waals surface area contributed by atoms with Crippen molar-refractivity contribution in [3.8, 4) is 0 Å². The molecule has 0 aliphatic carbocycles. The molecule has 2 heteroatoms. The van der Waals surface area contributed by atoms with Crippen LogP contribution in [-0.2, 0) is 0 Å². The Kier molecular flexibility index (Phi) is 7.76. The van der Waals surface area contributed by atoms with E-state index in [-0.39, 0.29) is 0 Å².